The molecule has 0 unspecified atom stereocenters. The first-order chi connectivity index (χ1) is 9.88. The summed E-state index contributed by atoms with van der Waals surface area (Å²) < 4.78 is 5.93. The molecule has 2 N–H and O–H groups in total. The zero-order valence-corrected chi connectivity index (χ0v) is 13.1. The van der Waals surface area contributed by atoms with Crippen molar-refractivity contribution < 1.29 is 4.74 Å². The van der Waals surface area contributed by atoms with Gasteiger partial charge in [-0.15, -0.1) is 0 Å². The Morgan fingerprint density at radius 2 is 1.86 bits per heavy atom. The third-order valence-corrected chi connectivity index (χ3v) is 3.08. The third-order valence-electron chi connectivity index (χ3n) is 3.08. The smallest absolute Gasteiger partial charge is 0.187 e. The van der Waals surface area contributed by atoms with Crippen LogP contribution >= 0.6 is 0 Å². The van der Waals surface area contributed by atoms with Gasteiger partial charge < -0.3 is 15.4 Å². The fourth-order valence-electron chi connectivity index (χ4n) is 1.88. The van der Waals surface area contributed by atoms with Gasteiger partial charge in [-0.05, 0) is 12.8 Å². The van der Waals surface area contributed by atoms with Gasteiger partial charge in [0.1, 0.15) is 17.4 Å². The maximum atomic E-state index is 5.93. The topological polar surface area (TPSA) is 77.2 Å². The second-order valence-electron chi connectivity index (χ2n) is 5.40. The van der Waals surface area contributed by atoms with Gasteiger partial charge in [0.2, 0.25) is 0 Å². The van der Waals surface area contributed by atoms with Crippen LogP contribution in [0.4, 0.5) is 11.6 Å². The van der Waals surface area contributed by atoms with E-state index in [9.17, 15) is 0 Å². The minimum Gasteiger partial charge on any atom is -0.451 e. The molecule has 6 heteroatoms. The Hall–Kier alpha value is -2.37. The van der Waals surface area contributed by atoms with E-state index < -0.39 is 0 Å². The Labute approximate surface area is 125 Å². The molecule has 21 heavy (non-hydrogen) atoms. The van der Waals surface area contributed by atoms with Crippen molar-refractivity contribution in [3.63, 3.8) is 0 Å². The van der Waals surface area contributed by atoms with Crippen molar-refractivity contribution in [2.45, 2.75) is 26.7 Å². The molecular formula is C15H21N5O. The predicted molar refractivity (Wildman–Crippen MR) is 83.9 cm³/mol. The maximum absolute atomic E-state index is 5.93. The number of hydrogen-bond acceptors (Lipinski definition) is 6. The predicted octanol–water partition coefficient (Wildman–Crippen LogP) is 2.74. The summed E-state index contributed by atoms with van der Waals surface area (Å²) in [5.74, 6) is 3.24. The molecule has 0 saturated heterocycles. The highest BCUT2D eigenvalue weighted by Crippen LogP contribution is 2.33. The zero-order chi connectivity index (χ0) is 15.6. The summed E-state index contributed by atoms with van der Waals surface area (Å²) in [7, 11) is 3.87. The summed E-state index contributed by atoms with van der Waals surface area (Å²) in [5.41, 5.74) is 6.91. The number of anilines is 2. The van der Waals surface area contributed by atoms with Crippen LogP contribution in [-0.4, -0.2) is 29.0 Å². The van der Waals surface area contributed by atoms with Gasteiger partial charge in [-0.2, -0.15) is 0 Å². The summed E-state index contributed by atoms with van der Waals surface area (Å²) in [6, 6.07) is 1.90. The van der Waals surface area contributed by atoms with Crippen LogP contribution < -0.4 is 15.4 Å². The fraction of sp³-hybridized carbons (Fsp3) is 0.400. The molecule has 2 aromatic heterocycles. The van der Waals surface area contributed by atoms with Crippen molar-refractivity contribution in [3.8, 4) is 11.5 Å². The first kappa shape index (κ1) is 15.0. The molecule has 2 rings (SSSR count). The average Bonchev–Trinajstić information content (AvgIpc) is 2.41. The van der Waals surface area contributed by atoms with Crippen molar-refractivity contribution in [2.24, 2.45) is 0 Å². The van der Waals surface area contributed by atoms with Crippen molar-refractivity contribution in [3.05, 3.63) is 29.8 Å². The third kappa shape index (κ3) is 3.39. The Morgan fingerprint density at radius 1 is 1.14 bits per heavy atom. The Bertz CT molecular complexity index is 640. The van der Waals surface area contributed by atoms with Crippen LogP contribution in [0.1, 0.15) is 31.2 Å². The molecule has 0 aromatic carbocycles. The van der Waals surface area contributed by atoms with E-state index in [1.807, 2.05) is 31.3 Å². The summed E-state index contributed by atoms with van der Waals surface area (Å²) in [5, 5.41) is 0. The number of hydrogen-bond donors (Lipinski definition) is 1. The average molecular weight is 287 g/mol. The quantitative estimate of drug-likeness (QED) is 0.931. The van der Waals surface area contributed by atoms with Gasteiger partial charge in [-0.1, -0.05) is 13.8 Å². The van der Waals surface area contributed by atoms with E-state index in [-0.39, 0.29) is 5.92 Å². The molecule has 0 radical (unpaired) electrons. The Morgan fingerprint density at radius 3 is 2.43 bits per heavy atom. The highest BCUT2D eigenvalue weighted by molar-refractivity contribution is 5.52. The molecule has 0 spiro atoms. The van der Waals surface area contributed by atoms with E-state index in [1.165, 1.54) is 0 Å². The monoisotopic (exact) mass is 287 g/mol. The van der Waals surface area contributed by atoms with E-state index in [0.29, 0.717) is 17.4 Å². The van der Waals surface area contributed by atoms with Gasteiger partial charge in [-0.25, -0.2) is 15.0 Å². The van der Waals surface area contributed by atoms with E-state index in [4.69, 9.17) is 10.5 Å². The molecule has 0 amide bonds. The van der Waals surface area contributed by atoms with Crippen LogP contribution in [0, 0.1) is 6.92 Å². The number of rotatable bonds is 4. The zero-order valence-electron chi connectivity index (χ0n) is 13.1. The number of aryl methyl sites for hydroxylation is 1. The molecule has 0 aliphatic rings. The number of ether oxygens (including phenoxy) is 1. The van der Waals surface area contributed by atoms with Gasteiger partial charge in [-0.3, -0.25) is 0 Å². The van der Waals surface area contributed by atoms with Crippen LogP contribution in [0.15, 0.2) is 18.5 Å². The van der Waals surface area contributed by atoms with E-state index in [2.05, 4.69) is 28.8 Å². The molecule has 0 bridgehead atoms. The first-order valence-electron chi connectivity index (χ1n) is 6.82. The Balaban J connectivity index is 2.43. The first-order valence-corrected chi connectivity index (χ1v) is 6.82. The minimum absolute atomic E-state index is 0.288. The molecule has 6 nitrogen and oxygen atoms in total. The van der Waals surface area contributed by atoms with Gasteiger partial charge in [0.15, 0.2) is 11.6 Å². The van der Waals surface area contributed by atoms with Crippen molar-refractivity contribution in [1.82, 2.24) is 15.0 Å². The standard InChI is InChI=1S/C15H21N5O/c1-9(2)11-7-18-14(20(4)5)6-12(11)21-13-8-17-10(3)19-15(13)16/h6-9H,1-5H3,(H2,16,17,19). The molecule has 112 valence electrons. The Kier molecular flexibility index (Phi) is 4.26. The lowest BCUT2D eigenvalue weighted by Gasteiger charge is -2.18. The lowest BCUT2D eigenvalue weighted by Crippen LogP contribution is -2.11. The molecule has 0 fully saturated rings. The number of nitrogens with two attached hydrogens (primary N) is 1. The van der Waals surface area contributed by atoms with Crippen LogP contribution in [0.3, 0.4) is 0 Å². The summed E-state index contributed by atoms with van der Waals surface area (Å²) in [6.07, 6.45) is 3.43. The fourth-order valence-corrected chi connectivity index (χ4v) is 1.88. The van der Waals surface area contributed by atoms with E-state index in [1.54, 1.807) is 13.1 Å². The molecule has 2 heterocycles. The van der Waals surface area contributed by atoms with Crippen LogP contribution in [0.2, 0.25) is 0 Å². The number of aromatic nitrogens is 3. The van der Waals surface area contributed by atoms with Gasteiger partial charge in [0.25, 0.3) is 0 Å². The molecule has 0 atom stereocenters. The molecule has 0 saturated carbocycles. The second kappa shape index (κ2) is 5.95. The lowest BCUT2D eigenvalue weighted by atomic mass is 10.0. The van der Waals surface area contributed by atoms with Crippen molar-refractivity contribution >= 4 is 11.6 Å². The van der Waals surface area contributed by atoms with E-state index >= 15 is 0 Å². The number of nitrogen functional groups attached to an aromatic ring is 1. The lowest BCUT2D eigenvalue weighted by molar-refractivity contribution is 0.469. The highest BCUT2D eigenvalue weighted by Gasteiger charge is 2.14. The summed E-state index contributed by atoms with van der Waals surface area (Å²) in [4.78, 5) is 14.6. The number of nitrogens with zero attached hydrogens (tertiary/aromatic N) is 4. The summed E-state index contributed by atoms with van der Waals surface area (Å²) in [6.45, 7) is 5.97. The molecule has 0 aliphatic heterocycles. The van der Waals surface area contributed by atoms with Crippen LogP contribution in [-0.2, 0) is 0 Å². The van der Waals surface area contributed by atoms with Gasteiger partial charge in [0.05, 0.1) is 6.20 Å². The van der Waals surface area contributed by atoms with E-state index in [0.717, 1.165) is 17.1 Å². The van der Waals surface area contributed by atoms with Crippen LogP contribution in [0.25, 0.3) is 0 Å². The SMILES string of the molecule is Cc1ncc(Oc2cc(N(C)C)ncc2C(C)C)c(N)n1. The molecule has 2 aromatic rings. The van der Waals surface area contributed by atoms with Crippen molar-refractivity contribution in [2.75, 3.05) is 24.7 Å². The van der Waals surface area contributed by atoms with Crippen LogP contribution in [0.5, 0.6) is 11.5 Å². The maximum Gasteiger partial charge on any atom is 0.187 e. The van der Waals surface area contributed by atoms with Crippen molar-refractivity contribution in [1.29, 1.82) is 0 Å². The largest absolute Gasteiger partial charge is 0.451 e. The minimum atomic E-state index is 0.288. The highest BCUT2D eigenvalue weighted by atomic mass is 16.5. The normalized spacial score (nSPS) is 10.8. The number of pyridine rings is 1. The summed E-state index contributed by atoms with van der Waals surface area (Å²) >= 11 is 0. The van der Waals surface area contributed by atoms with Gasteiger partial charge >= 0.3 is 0 Å². The van der Waals surface area contributed by atoms with Gasteiger partial charge in [0, 0.05) is 31.9 Å². The molecule has 0 aliphatic carbocycles. The molecular weight excluding hydrogens is 266 g/mol. The second-order valence-corrected chi connectivity index (χ2v) is 5.40.